The van der Waals surface area contributed by atoms with E-state index in [9.17, 15) is 37.5 Å². The largest absolute Gasteiger partial charge is 0.477 e. The van der Waals surface area contributed by atoms with Crippen LogP contribution in [0.5, 0.6) is 0 Å². The highest BCUT2D eigenvalue weighted by atomic mass is 19.4. The summed E-state index contributed by atoms with van der Waals surface area (Å²) in [6.45, 7) is 0.813. The Hall–Kier alpha value is -3.57. The zero-order chi connectivity index (χ0) is 25.8. The van der Waals surface area contributed by atoms with Gasteiger partial charge in [-0.1, -0.05) is 12.1 Å². The number of nitrogens with zero attached hydrogens (tertiary/aromatic N) is 3. The average Bonchev–Trinajstić information content (AvgIpc) is 3.45. The molecule has 2 fully saturated rings. The molecule has 0 unspecified atom stereocenters. The Labute approximate surface area is 202 Å². The maximum atomic E-state index is 13.6. The molecular formula is C24H24F3N3O6. The topological polar surface area (TPSA) is 111 Å². The fraction of sp³-hybridized carbons (Fsp3) is 0.500. The molecule has 0 bridgehead atoms. The lowest BCUT2D eigenvalue weighted by atomic mass is 9.90. The molecule has 9 nitrogen and oxygen atoms in total. The fourth-order valence-corrected chi connectivity index (χ4v) is 5.83. The molecule has 1 saturated heterocycles. The number of rotatable bonds is 4. The van der Waals surface area contributed by atoms with Crippen LogP contribution in [0.15, 0.2) is 34.0 Å². The fourth-order valence-electron chi connectivity index (χ4n) is 5.83. The maximum Gasteiger partial charge on any atom is 0.416 e. The molecule has 0 radical (unpaired) electrons. The summed E-state index contributed by atoms with van der Waals surface area (Å²) in [5.41, 5.74) is -2.98. The first-order chi connectivity index (χ1) is 17.1. The number of carbonyl (C=O) groups is 2. The van der Waals surface area contributed by atoms with Crippen molar-refractivity contribution in [2.24, 2.45) is 0 Å². The molecule has 1 atom stereocenters. The number of hydrogen-bond donors (Lipinski definition) is 1. The smallest absolute Gasteiger partial charge is 0.416 e. The third-order valence-corrected chi connectivity index (χ3v) is 7.52. The first kappa shape index (κ1) is 24.1. The predicted molar refractivity (Wildman–Crippen MR) is 119 cm³/mol. The van der Waals surface area contributed by atoms with Gasteiger partial charge < -0.3 is 14.7 Å². The first-order valence-corrected chi connectivity index (χ1v) is 11.8. The molecule has 192 valence electrons. The van der Waals surface area contributed by atoms with Gasteiger partial charge in [-0.05, 0) is 55.7 Å². The molecule has 1 aromatic heterocycles. The van der Waals surface area contributed by atoms with Crippen molar-refractivity contribution in [2.45, 2.75) is 62.8 Å². The summed E-state index contributed by atoms with van der Waals surface area (Å²) in [6.07, 6.45) is -1.79. The number of aromatic nitrogens is 2. The number of ether oxygens (including phenoxy) is 1. The first-order valence-electron chi connectivity index (χ1n) is 11.8. The summed E-state index contributed by atoms with van der Waals surface area (Å²) < 4.78 is 47.6. The number of aromatic carboxylic acids is 1. The van der Waals surface area contributed by atoms with Crippen LogP contribution in [0, 0.1) is 0 Å². The Balaban J connectivity index is 1.53. The highest BCUT2D eigenvalue weighted by molar-refractivity contribution is 5.86. The molecule has 1 amide bonds. The zero-order valence-corrected chi connectivity index (χ0v) is 19.2. The second kappa shape index (κ2) is 8.82. The summed E-state index contributed by atoms with van der Waals surface area (Å²) in [7, 11) is 0. The molecule has 1 aliphatic heterocycles. The number of cyclic esters (lactones) is 1. The van der Waals surface area contributed by atoms with Gasteiger partial charge in [-0.25, -0.2) is 14.4 Å². The highest BCUT2D eigenvalue weighted by Crippen LogP contribution is 2.41. The summed E-state index contributed by atoms with van der Waals surface area (Å²) in [4.78, 5) is 52.1. The van der Waals surface area contributed by atoms with Gasteiger partial charge in [-0.15, -0.1) is 0 Å². The van der Waals surface area contributed by atoms with Crippen LogP contribution in [-0.4, -0.2) is 50.4 Å². The molecule has 1 aromatic carbocycles. The van der Waals surface area contributed by atoms with Crippen LogP contribution in [0.4, 0.5) is 18.0 Å². The van der Waals surface area contributed by atoms with Crippen molar-refractivity contribution in [3.63, 3.8) is 0 Å². The Morgan fingerprint density at radius 3 is 2.33 bits per heavy atom. The van der Waals surface area contributed by atoms with E-state index in [1.807, 2.05) is 0 Å². The van der Waals surface area contributed by atoms with Gasteiger partial charge in [0.1, 0.15) is 12.2 Å². The SMILES string of the molecule is O=C(O)c1cn(C2CCC(N3CCOC3=O)CC2)c(=O)n([C@@H]2CCc3c2cccc3C(F)(F)F)c1=O. The van der Waals surface area contributed by atoms with Gasteiger partial charge >= 0.3 is 23.9 Å². The standard InChI is InChI=1S/C24H24F3N3O6/c25-24(26,27)18-3-1-2-16-15(18)8-9-19(16)30-20(31)17(21(32)33)12-29(22(30)34)14-6-4-13(5-7-14)28-10-11-36-23(28)35/h1-3,12-14,19H,4-11H2,(H,32,33)/t13?,14?,19-/m1/s1. The van der Waals surface area contributed by atoms with Crippen LogP contribution < -0.4 is 11.2 Å². The number of fused-ring (bicyclic) bond motifs is 1. The van der Waals surface area contributed by atoms with E-state index in [0.717, 1.165) is 16.8 Å². The van der Waals surface area contributed by atoms with Gasteiger partial charge in [0.2, 0.25) is 0 Å². The van der Waals surface area contributed by atoms with E-state index in [4.69, 9.17) is 4.74 Å². The second-order valence-corrected chi connectivity index (χ2v) is 9.41. The number of benzene rings is 1. The normalized spacial score (nSPS) is 24.0. The van der Waals surface area contributed by atoms with Gasteiger partial charge in [0.15, 0.2) is 0 Å². The van der Waals surface area contributed by atoms with Crippen LogP contribution in [0.3, 0.4) is 0 Å². The van der Waals surface area contributed by atoms with Crippen molar-refractivity contribution in [2.75, 3.05) is 13.2 Å². The third kappa shape index (κ3) is 3.97. The van der Waals surface area contributed by atoms with Crippen LogP contribution >= 0.6 is 0 Å². The quantitative estimate of drug-likeness (QED) is 0.681. The highest BCUT2D eigenvalue weighted by Gasteiger charge is 2.39. The van der Waals surface area contributed by atoms with Gasteiger partial charge in [-0.3, -0.25) is 13.9 Å². The van der Waals surface area contributed by atoms with Crippen molar-refractivity contribution in [3.05, 3.63) is 67.5 Å². The van der Waals surface area contributed by atoms with E-state index < -0.39 is 46.6 Å². The molecule has 36 heavy (non-hydrogen) atoms. The van der Waals surface area contributed by atoms with Crippen molar-refractivity contribution in [3.8, 4) is 0 Å². The van der Waals surface area contributed by atoms with Crippen molar-refractivity contribution < 1.29 is 32.6 Å². The van der Waals surface area contributed by atoms with Gasteiger partial charge in [0.25, 0.3) is 5.56 Å². The maximum absolute atomic E-state index is 13.6. The molecule has 2 aromatic rings. The van der Waals surface area contributed by atoms with E-state index >= 15 is 0 Å². The lowest BCUT2D eigenvalue weighted by molar-refractivity contribution is -0.138. The average molecular weight is 507 g/mol. The minimum absolute atomic E-state index is 0.00983. The van der Waals surface area contributed by atoms with Crippen LogP contribution in [0.1, 0.15) is 71.2 Å². The number of hydrogen-bond acceptors (Lipinski definition) is 5. The molecule has 2 aliphatic carbocycles. The van der Waals surface area contributed by atoms with Crippen LogP contribution in [0.2, 0.25) is 0 Å². The monoisotopic (exact) mass is 507 g/mol. The minimum atomic E-state index is -4.59. The van der Waals surface area contributed by atoms with E-state index in [0.29, 0.717) is 38.8 Å². The van der Waals surface area contributed by atoms with Gasteiger partial charge in [0, 0.05) is 18.3 Å². The van der Waals surface area contributed by atoms with Gasteiger partial charge in [-0.2, -0.15) is 13.2 Å². The molecular weight excluding hydrogens is 483 g/mol. The molecule has 3 aliphatic rings. The zero-order valence-electron chi connectivity index (χ0n) is 19.2. The number of amides is 1. The molecule has 2 heterocycles. The number of alkyl halides is 3. The number of carboxylic acids is 1. The van der Waals surface area contributed by atoms with Crippen LogP contribution in [0.25, 0.3) is 0 Å². The van der Waals surface area contributed by atoms with E-state index in [1.54, 1.807) is 4.90 Å². The molecule has 5 rings (SSSR count). The van der Waals surface area contributed by atoms with Crippen molar-refractivity contribution in [1.29, 1.82) is 0 Å². The predicted octanol–water partition coefficient (Wildman–Crippen LogP) is 3.20. The lowest BCUT2D eigenvalue weighted by Crippen LogP contribution is -2.46. The van der Waals surface area contributed by atoms with Crippen molar-refractivity contribution in [1.82, 2.24) is 14.0 Å². The van der Waals surface area contributed by atoms with Crippen LogP contribution in [-0.2, 0) is 17.3 Å². The Morgan fingerprint density at radius 2 is 1.72 bits per heavy atom. The van der Waals surface area contributed by atoms with Gasteiger partial charge in [0.05, 0.1) is 18.2 Å². The molecule has 1 N–H and O–H groups in total. The number of carbonyl (C=O) groups excluding carboxylic acids is 1. The second-order valence-electron chi connectivity index (χ2n) is 9.41. The van der Waals surface area contributed by atoms with Crippen molar-refractivity contribution >= 4 is 12.1 Å². The van der Waals surface area contributed by atoms with E-state index in [1.165, 1.54) is 16.7 Å². The summed E-state index contributed by atoms with van der Waals surface area (Å²) in [5.74, 6) is -1.52. The summed E-state index contributed by atoms with van der Waals surface area (Å²) >= 11 is 0. The minimum Gasteiger partial charge on any atom is -0.477 e. The Kier molecular flexibility index (Phi) is 5.92. The third-order valence-electron chi connectivity index (χ3n) is 7.52. The molecule has 1 saturated carbocycles. The lowest BCUT2D eigenvalue weighted by Gasteiger charge is -2.34. The summed E-state index contributed by atoms with van der Waals surface area (Å²) in [6, 6.07) is 2.18. The van der Waals surface area contributed by atoms with E-state index in [2.05, 4.69) is 0 Å². The number of carboxylic acid groups (broad SMARTS) is 1. The molecule has 0 spiro atoms. The van der Waals surface area contributed by atoms with E-state index in [-0.39, 0.29) is 36.1 Å². The number of halogens is 3. The Bertz CT molecular complexity index is 1340. The molecule has 12 heteroatoms. The Morgan fingerprint density at radius 1 is 1.03 bits per heavy atom. The summed E-state index contributed by atoms with van der Waals surface area (Å²) in [5, 5.41) is 9.67.